The van der Waals surface area contributed by atoms with E-state index in [2.05, 4.69) is 4.74 Å². The fourth-order valence-electron chi connectivity index (χ4n) is 1.58. The van der Waals surface area contributed by atoms with Crippen molar-refractivity contribution in [3.63, 3.8) is 0 Å². The van der Waals surface area contributed by atoms with Gasteiger partial charge < -0.3 is 9.47 Å². The highest BCUT2D eigenvalue weighted by Crippen LogP contribution is 2.30. The summed E-state index contributed by atoms with van der Waals surface area (Å²) in [5.41, 5.74) is 0.303. The van der Waals surface area contributed by atoms with E-state index in [-0.39, 0.29) is 30.3 Å². The minimum atomic E-state index is -2.96. The first kappa shape index (κ1) is 15.9. The molecule has 0 radical (unpaired) electrons. The summed E-state index contributed by atoms with van der Waals surface area (Å²) < 4.78 is 34.0. The number of halogens is 2. The van der Waals surface area contributed by atoms with E-state index in [1.807, 2.05) is 6.07 Å². The first-order valence-corrected chi connectivity index (χ1v) is 6.12. The minimum absolute atomic E-state index is 0.0666. The molecule has 4 nitrogen and oxygen atoms in total. The van der Waals surface area contributed by atoms with Crippen LogP contribution in [-0.4, -0.2) is 19.0 Å². The van der Waals surface area contributed by atoms with E-state index in [4.69, 9.17) is 10.00 Å². The van der Waals surface area contributed by atoms with Crippen molar-refractivity contribution in [3.05, 3.63) is 23.8 Å². The quantitative estimate of drug-likeness (QED) is 0.719. The van der Waals surface area contributed by atoms with E-state index in [0.29, 0.717) is 5.56 Å². The lowest BCUT2D eigenvalue weighted by molar-refractivity contribution is -0.0514. The summed E-state index contributed by atoms with van der Waals surface area (Å²) in [5, 5.41) is 8.68. The van der Waals surface area contributed by atoms with Crippen LogP contribution >= 0.6 is 0 Å². The van der Waals surface area contributed by atoms with Gasteiger partial charge in [-0.3, -0.25) is 4.79 Å². The molecule has 6 heteroatoms. The van der Waals surface area contributed by atoms with E-state index in [0.717, 1.165) is 0 Å². The van der Waals surface area contributed by atoms with E-state index in [1.54, 1.807) is 13.8 Å². The lowest BCUT2D eigenvalue weighted by Crippen LogP contribution is -2.08. The summed E-state index contributed by atoms with van der Waals surface area (Å²) in [7, 11) is 0. The number of alkyl halides is 2. The fourth-order valence-corrected chi connectivity index (χ4v) is 1.58. The van der Waals surface area contributed by atoms with E-state index in [9.17, 15) is 13.6 Å². The highest BCUT2D eigenvalue weighted by Gasteiger charge is 2.16. The largest absolute Gasteiger partial charge is 0.490 e. The number of ether oxygens (including phenoxy) is 2. The zero-order valence-corrected chi connectivity index (χ0v) is 11.2. The molecule has 1 aromatic rings. The number of ketones is 1. The number of nitrogens with zero attached hydrogens (tertiary/aromatic N) is 1. The number of carbonyl (C=O) groups is 1. The maximum absolute atomic E-state index is 12.2. The summed E-state index contributed by atoms with van der Waals surface area (Å²) in [6, 6.07) is 5.97. The predicted molar refractivity (Wildman–Crippen MR) is 68.0 cm³/mol. The second-order valence-electron chi connectivity index (χ2n) is 4.13. The third-order valence-electron chi connectivity index (χ3n) is 2.49. The van der Waals surface area contributed by atoms with Gasteiger partial charge in [-0.05, 0) is 32.0 Å². The van der Waals surface area contributed by atoms with Gasteiger partial charge in [0.2, 0.25) is 0 Å². The van der Waals surface area contributed by atoms with Crippen LogP contribution in [0.2, 0.25) is 0 Å². The normalized spacial score (nSPS) is 11.8. The predicted octanol–water partition coefficient (Wildman–Crippen LogP) is 3.42. The number of hydrogen-bond donors (Lipinski definition) is 0. The molecule has 20 heavy (non-hydrogen) atoms. The van der Waals surface area contributed by atoms with E-state index < -0.39 is 12.5 Å². The molecule has 0 spiro atoms. The summed E-state index contributed by atoms with van der Waals surface area (Å²) in [6.45, 7) is 0.620. The average molecular weight is 283 g/mol. The number of hydrogen-bond acceptors (Lipinski definition) is 4. The Morgan fingerprint density at radius 1 is 1.40 bits per heavy atom. The van der Waals surface area contributed by atoms with Gasteiger partial charge in [0.15, 0.2) is 17.3 Å². The van der Waals surface area contributed by atoms with Crippen molar-refractivity contribution in [2.75, 3.05) is 6.61 Å². The van der Waals surface area contributed by atoms with Gasteiger partial charge in [0.05, 0.1) is 18.6 Å². The van der Waals surface area contributed by atoms with Crippen LogP contribution in [0.3, 0.4) is 0 Å². The molecule has 0 bridgehead atoms. The molecular formula is C14H15F2NO3. The standard InChI is InChI=1S/C14H15F2NO3/c1-3-19-13-7-10(11(18)6-9(2)8-17)4-5-12(13)20-14(15)16/h4-5,7,9,14H,3,6H2,1-2H3. The lowest BCUT2D eigenvalue weighted by Gasteiger charge is -2.12. The van der Waals surface area contributed by atoms with Gasteiger partial charge in [-0.25, -0.2) is 0 Å². The third-order valence-corrected chi connectivity index (χ3v) is 2.49. The molecule has 0 saturated heterocycles. The molecular weight excluding hydrogens is 268 g/mol. The Morgan fingerprint density at radius 2 is 2.10 bits per heavy atom. The third kappa shape index (κ3) is 4.50. The topological polar surface area (TPSA) is 59.3 Å². The molecule has 0 aliphatic heterocycles. The monoisotopic (exact) mass is 283 g/mol. The van der Waals surface area contributed by atoms with Crippen molar-refractivity contribution in [1.29, 1.82) is 5.26 Å². The van der Waals surface area contributed by atoms with Crippen molar-refractivity contribution >= 4 is 5.78 Å². The summed E-state index contributed by atoms with van der Waals surface area (Å²) >= 11 is 0. The van der Waals surface area contributed by atoms with Crippen LogP contribution in [0.15, 0.2) is 18.2 Å². The number of carbonyl (C=O) groups excluding carboxylic acids is 1. The smallest absolute Gasteiger partial charge is 0.387 e. The molecule has 0 heterocycles. The van der Waals surface area contributed by atoms with Gasteiger partial charge in [-0.2, -0.15) is 14.0 Å². The number of rotatable bonds is 7. The van der Waals surface area contributed by atoms with Crippen molar-refractivity contribution in [2.24, 2.45) is 5.92 Å². The summed E-state index contributed by atoms with van der Waals surface area (Å²) in [4.78, 5) is 11.9. The maximum atomic E-state index is 12.2. The molecule has 0 fully saturated rings. The van der Waals surface area contributed by atoms with Gasteiger partial charge in [0.25, 0.3) is 0 Å². The van der Waals surface area contributed by atoms with Gasteiger partial charge >= 0.3 is 6.61 Å². The van der Waals surface area contributed by atoms with Crippen LogP contribution in [0.1, 0.15) is 30.6 Å². The molecule has 1 unspecified atom stereocenters. The molecule has 0 aromatic heterocycles. The fraction of sp³-hybridized carbons (Fsp3) is 0.429. The molecule has 0 aliphatic carbocycles. The molecule has 0 aliphatic rings. The summed E-state index contributed by atoms with van der Waals surface area (Å²) in [5.74, 6) is -0.686. The number of Topliss-reactive ketones (excluding diaryl/α,β-unsaturated/α-hetero) is 1. The van der Waals surface area contributed by atoms with Crippen molar-refractivity contribution < 1.29 is 23.0 Å². The Balaban J connectivity index is 2.97. The van der Waals surface area contributed by atoms with Gasteiger partial charge in [-0.1, -0.05) is 0 Å². The van der Waals surface area contributed by atoms with E-state index in [1.165, 1.54) is 18.2 Å². The van der Waals surface area contributed by atoms with Crippen LogP contribution in [0.5, 0.6) is 11.5 Å². The SMILES string of the molecule is CCOc1cc(C(=O)CC(C)C#N)ccc1OC(F)F. The van der Waals surface area contributed by atoms with Crippen molar-refractivity contribution in [1.82, 2.24) is 0 Å². The number of benzene rings is 1. The highest BCUT2D eigenvalue weighted by molar-refractivity contribution is 5.97. The van der Waals surface area contributed by atoms with Gasteiger partial charge in [-0.15, -0.1) is 0 Å². The Morgan fingerprint density at radius 3 is 2.65 bits per heavy atom. The van der Waals surface area contributed by atoms with Crippen LogP contribution in [0, 0.1) is 17.2 Å². The minimum Gasteiger partial charge on any atom is -0.490 e. The molecule has 1 atom stereocenters. The molecule has 0 amide bonds. The van der Waals surface area contributed by atoms with E-state index >= 15 is 0 Å². The Kier molecular flexibility index (Phi) is 5.91. The molecule has 1 aromatic carbocycles. The first-order chi connectivity index (χ1) is 9.47. The maximum Gasteiger partial charge on any atom is 0.387 e. The zero-order chi connectivity index (χ0) is 15.1. The molecule has 0 N–H and O–H groups in total. The highest BCUT2D eigenvalue weighted by atomic mass is 19.3. The average Bonchev–Trinajstić information content (AvgIpc) is 2.40. The van der Waals surface area contributed by atoms with Gasteiger partial charge in [0, 0.05) is 12.0 Å². The zero-order valence-electron chi connectivity index (χ0n) is 11.2. The second-order valence-corrected chi connectivity index (χ2v) is 4.13. The summed E-state index contributed by atoms with van der Waals surface area (Å²) in [6.07, 6.45) is 0.0666. The van der Waals surface area contributed by atoms with Crippen molar-refractivity contribution in [2.45, 2.75) is 26.9 Å². The molecule has 108 valence electrons. The van der Waals surface area contributed by atoms with Crippen LogP contribution in [0.25, 0.3) is 0 Å². The van der Waals surface area contributed by atoms with Crippen LogP contribution in [0.4, 0.5) is 8.78 Å². The van der Waals surface area contributed by atoms with Crippen LogP contribution < -0.4 is 9.47 Å². The van der Waals surface area contributed by atoms with Crippen LogP contribution in [-0.2, 0) is 0 Å². The lowest BCUT2D eigenvalue weighted by atomic mass is 10.0. The Bertz CT molecular complexity index is 512. The Hall–Kier alpha value is -2.16. The van der Waals surface area contributed by atoms with Crippen molar-refractivity contribution in [3.8, 4) is 17.6 Å². The Labute approximate surface area is 115 Å². The number of nitriles is 1. The molecule has 1 rings (SSSR count). The van der Waals surface area contributed by atoms with Gasteiger partial charge in [0.1, 0.15) is 0 Å². The first-order valence-electron chi connectivity index (χ1n) is 6.12. The molecule has 0 saturated carbocycles. The second kappa shape index (κ2) is 7.43.